The lowest BCUT2D eigenvalue weighted by Crippen LogP contribution is -2.45. The van der Waals surface area contributed by atoms with Gasteiger partial charge in [-0.2, -0.15) is 0 Å². The second kappa shape index (κ2) is 2.78. The molecule has 0 aromatic rings. The van der Waals surface area contributed by atoms with Crippen LogP contribution in [0.25, 0.3) is 0 Å². The third-order valence-corrected chi connectivity index (χ3v) is 4.84. The molecule has 2 radical (unpaired) electrons. The van der Waals surface area contributed by atoms with Gasteiger partial charge >= 0.3 is 0 Å². The van der Waals surface area contributed by atoms with Gasteiger partial charge in [-0.15, -0.1) is 0 Å². The van der Waals surface area contributed by atoms with Crippen LogP contribution in [-0.4, -0.2) is 7.85 Å². The minimum Gasteiger partial charge on any atom is -0.0882 e. The SMILES string of the molecule is [B]CCC12CC3CC(CC(C3)C1)C2. The fraction of sp³-hybridized carbons (Fsp3) is 1.00. The summed E-state index contributed by atoms with van der Waals surface area (Å²) < 4.78 is 0. The second-order valence-corrected chi connectivity index (χ2v) is 5.96. The van der Waals surface area contributed by atoms with Crippen molar-refractivity contribution in [3.63, 3.8) is 0 Å². The Kier molecular flexibility index (Phi) is 1.79. The maximum absolute atomic E-state index is 5.75. The highest BCUT2D eigenvalue weighted by atomic mass is 14.5. The third-order valence-electron chi connectivity index (χ3n) is 4.84. The molecule has 4 aliphatic rings. The largest absolute Gasteiger partial charge is 0.0882 e. The van der Waals surface area contributed by atoms with Crippen LogP contribution in [0.15, 0.2) is 0 Å². The molecule has 0 amide bonds. The summed E-state index contributed by atoms with van der Waals surface area (Å²) in [5, 5.41) is 0. The van der Waals surface area contributed by atoms with Crippen molar-refractivity contribution in [1.29, 1.82) is 0 Å². The first-order valence-electron chi connectivity index (χ1n) is 6.00. The summed E-state index contributed by atoms with van der Waals surface area (Å²) >= 11 is 0. The molecule has 0 aromatic carbocycles. The molecule has 0 spiro atoms. The van der Waals surface area contributed by atoms with Crippen LogP contribution in [-0.2, 0) is 0 Å². The van der Waals surface area contributed by atoms with Crippen molar-refractivity contribution in [2.45, 2.75) is 51.3 Å². The summed E-state index contributed by atoms with van der Waals surface area (Å²) in [4.78, 5) is 0. The second-order valence-electron chi connectivity index (χ2n) is 5.96. The summed E-state index contributed by atoms with van der Waals surface area (Å²) in [7, 11) is 5.75. The van der Waals surface area contributed by atoms with E-state index in [1.54, 1.807) is 19.3 Å². The molecule has 70 valence electrons. The minimum atomic E-state index is 0.726. The fourth-order valence-electron chi connectivity index (χ4n) is 4.90. The molecular weight excluding hydrogens is 155 g/mol. The molecule has 0 N–H and O–H groups in total. The van der Waals surface area contributed by atoms with Gasteiger partial charge in [0.25, 0.3) is 0 Å². The fourth-order valence-corrected chi connectivity index (χ4v) is 4.90. The van der Waals surface area contributed by atoms with Gasteiger partial charge in [0.2, 0.25) is 0 Å². The van der Waals surface area contributed by atoms with E-state index in [4.69, 9.17) is 7.85 Å². The predicted octanol–water partition coefficient (Wildman–Crippen LogP) is 3.18. The van der Waals surface area contributed by atoms with E-state index in [-0.39, 0.29) is 0 Å². The smallest absolute Gasteiger partial charge is 0.0653 e. The van der Waals surface area contributed by atoms with E-state index in [1.165, 1.54) is 25.7 Å². The number of rotatable bonds is 2. The summed E-state index contributed by atoms with van der Waals surface area (Å²) in [6.07, 6.45) is 11.5. The zero-order valence-corrected chi connectivity index (χ0v) is 8.47. The predicted molar refractivity (Wildman–Crippen MR) is 55.8 cm³/mol. The average Bonchev–Trinajstić information content (AvgIpc) is 2.00. The van der Waals surface area contributed by atoms with Crippen LogP contribution in [0.4, 0.5) is 0 Å². The topological polar surface area (TPSA) is 0 Å². The Morgan fingerprint density at radius 2 is 1.38 bits per heavy atom. The van der Waals surface area contributed by atoms with Crippen molar-refractivity contribution in [3.8, 4) is 0 Å². The van der Waals surface area contributed by atoms with Gasteiger partial charge in [0, 0.05) is 0 Å². The molecule has 4 aliphatic carbocycles. The van der Waals surface area contributed by atoms with Crippen LogP contribution in [0.1, 0.15) is 44.9 Å². The Labute approximate surface area is 82.9 Å². The van der Waals surface area contributed by atoms with E-state index in [2.05, 4.69) is 0 Å². The molecule has 0 atom stereocenters. The van der Waals surface area contributed by atoms with Crippen molar-refractivity contribution in [2.24, 2.45) is 23.2 Å². The van der Waals surface area contributed by atoms with Crippen molar-refractivity contribution < 1.29 is 0 Å². The van der Waals surface area contributed by atoms with Gasteiger partial charge in [0.1, 0.15) is 0 Å². The minimum absolute atomic E-state index is 0.726. The summed E-state index contributed by atoms with van der Waals surface area (Å²) in [5.41, 5.74) is 0.726. The van der Waals surface area contributed by atoms with Gasteiger partial charge in [-0.1, -0.05) is 12.7 Å². The standard InChI is InChI=1S/C12H19B/c13-2-1-12-6-9-3-10(7-12)5-11(4-9)8-12/h9-11H,1-8H2. The van der Waals surface area contributed by atoms with E-state index >= 15 is 0 Å². The molecule has 4 bridgehead atoms. The van der Waals surface area contributed by atoms with Gasteiger partial charge in [0.05, 0.1) is 7.85 Å². The first-order chi connectivity index (χ1) is 6.30. The molecule has 13 heavy (non-hydrogen) atoms. The Morgan fingerprint density at radius 1 is 0.923 bits per heavy atom. The van der Waals surface area contributed by atoms with Crippen LogP contribution >= 0.6 is 0 Å². The monoisotopic (exact) mass is 174 g/mol. The van der Waals surface area contributed by atoms with Crippen LogP contribution in [0.3, 0.4) is 0 Å². The summed E-state index contributed by atoms with van der Waals surface area (Å²) in [5.74, 6) is 3.29. The van der Waals surface area contributed by atoms with Crippen LogP contribution in [0.2, 0.25) is 6.32 Å². The maximum atomic E-state index is 5.75. The Hall–Kier alpha value is 0.0649. The molecule has 4 saturated carbocycles. The zero-order valence-electron chi connectivity index (χ0n) is 8.47. The van der Waals surface area contributed by atoms with Crippen molar-refractivity contribution in [1.82, 2.24) is 0 Å². The van der Waals surface area contributed by atoms with Gasteiger partial charge < -0.3 is 0 Å². The quantitative estimate of drug-likeness (QED) is 0.564. The molecule has 0 unspecified atom stereocenters. The molecule has 0 heterocycles. The molecule has 0 nitrogen and oxygen atoms in total. The Balaban J connectivity index is 1.83. The third kappa shape index (κ3) is 1.27. The molecule has 1 heteroatoms. The van der Waals surface area contributed by atoms with E-state index in [9.17, 15) is 0 Å². The van der Waals surface area contributed by atoms with Crippen LogP contribution in [0.5, 0.6) is 0 Å². The van der Waals surface area contributed by atoms with Crippen LogP contribution < -0.4 is 0 Å². The highest BCUT2D eigenvalue weighted by molar-refractivity contribution is 6.08. The molecule has 0 saturated heterocycles. The summed E-state index contributed by atoms with van der Waals surface area (Å²) in [6, 6.07) is 0. The lowest BCUT2D eigenvalue weighted by molar-refractivity contribution is -0.0543. The van der Waals surface area contributed by atoms with Gasteiger partial charge in [-0.3, -0.25) is 0 Å². The van der Waals surface area contributed by atoms with Crippen molar-refractivity contribution in [3.05, 3.63) is 0 Å². The first kappa shape index (κ1) is 8.38. The van der Waals surface area contributed by atoms with E-state index in [0.29, 0.717) is 0 Å². The normalized spacial score (nSPS) is 52.8. The lowest BCUT2D eigenvalue weighted by atomic mass is 9.48. The molecular formula is C12H19B. The van der Waals surface area contributed by atoms with E-state index in [0.717, 1.165) is 29.5 Å². The Bertz CT molecular complexity index is 174. The molecule has 0 aliphatic heterocycles. The van der Waals surface area contributed by atoms with Crippen molar-refractivity contribution >= 4 is 7.85 Å². The van der Waals surface area contributed by atoms with E-state index in [1.807, 2.05) is 0 Å². The van der Waals surface area contributed by atoms with Crippen LogP contribution in [0, 0.1) is 23.2 Å². The summed E-state index contributed by atoms with van der Waals surface area (Å²) in [6.45, 7) is 0. The lowest BCUT2D eigenvalue weighted by Gasteiger charge is -2.57. The highest BCUT2D eigenvalue weighted by Crippen LogP contribution is 2.61. The molecule has 4 fully saturated rings. The molecule has 0 aromatic heterocycles. The van der Waals surface area contributed by atoms with Gasteiger partial charge in [-0.25, -0.2) is 0 Å². The van der Waals surface area contributed by atoms with E-state index < -0.39 is 0 Å². The highest BCUT2D eigenvalue weighted by Gasteiger charge is 2.49. The van der Waals surface area contributed by atoms with Crippen molar-refractivity contribution in [2.75, 3.05) is 0 Å². The average molecular weight is 174 g/mol. The first-order valence-corrected chi connectivity index (χ1v) is 6.00. The molecule has 4 rings (SSSR count). The maximum Gasteiger partial charge on any atom is 0.0653 e. The Morgan fingerprint density at radius 3 is 1.77 bits per heavy atom. The number of hydrogen-bond donors (Lipinski definition) is 0. The van der Waals surface area contributed by atoms with Gasteiger partial charge in [-0.05, 0) is 61.7 Å². The number of hydrogen-bond acceptors (Lipinski definition) is 0. The zero-order chi connectivity index (χ0) is 8.89. The van der Waals surface area contributed by atoms with Gasteiger partial charge in [0.15, 0.2) is 0 Å².